The summed E-state index contributed by atoms with van der Waals surface area (Å²) in [5, 5.41) is 8.79. The summed E-state index contributed by atoms with van der Waals surface area (Å²) < 4.78 is 0. The molecule has 0 aliphatic heterocycles. The molecule has 0 fully saturated rings. The number of carbonyl (C=O) groups is 1. The van der Waals surface area contributed by atoms with E-state index in [2.05, 4.69) is 5.73 Å². The van der Waals surface area contributed by atoms with Gasteiger partial charge in [-0.05, 0) is 5.92 Å². The zero-order valence-electron chi connectivity index (χ0n) is 5.22. The van der Waals surface area contributed by atoms with E-state index in [1.165, 1.54) is 0 Å². The number of aliphatic hydroxyl groups excluding tert-OH is 1. The van der Waals surface area contributed by atoms with Crippen LogP contribution in [0, 0.1) is 5.92 Å². The number of carbonyl (C=O) groups excluding carboxylic acids is 1. The highest BCUT2D eigenvalue weighted by molar-refractivity contribution is 5.69. The minimum atomic E-state index is -0.880. The molecule has 0 aliphatic carbocycles. The second-order valence-corrected chi connectivity index (χ2v) is 2.16. The van der Waals surface area contributed by atoms with Crippen LogP contribution in [0.3, 0.4) is 0 Å². The van der Waals surface area contributed by atoms with E-state index in [1.54, 1.807) is 13.8 Å². The highest BCUT2D eigenvalue weighted by atomic mass is 16.3. The van der Waals surface area contributed by atoms with Gasteiger partial charge in [0.05, 0.1) is 0 Å². The van der Waals surface area contributed by atoms with Crippen LogP contribution in [-0.4, -0.2) is 17.1 Å². The third-order valence-electron chi connectivity index (χ3n) is 0.961. The molecule has 0 aromatic carbocycles. The lowest BCUT2D eigenvalue weighted by Crippen LogP contribution is -2.63. The summed E-state index contributed by atoms with van der Waals surface area (Å²) in [6.07, 6.45) is -0.880. The van der Waals surface area contributed by atoms with Gasteiger partial charge in [-0.25, -0.2) is 4.79 Å². The molecule has 4 N–H and O–H groups in total. The fourth-order valence-electron chi connectivity index (χ4n) is 0.372. The maximum Gasteiger partial charge on any atom is 0.337 e. The molecule has 0 aliphatic rings. The van der Waals surface area contributed by atoms with Gasteiger partial charge in [0.2, 0.25) is 0 Å². The first-order valence-corrected chi connectivity index (χ1v) is 2.59. The van der Waals surface area contributed by atoms with Gasteiger partial charge < -0.3 is 5.11 Å². The van der Waals surface area contributed by atoms with Crippen LogP contribution >= 0.6 is 0 Å². The van der Waals surface area contributed by atoms with E-state index in [1.807, 2.05) is 0 Å². The van der Waals surface area contributed by atoms with Crippen molar-refractivity contribution >= 4 is 5.91 Å². The van der Waals surface area contributed by atoms with Crippen LogP contribution in [-0.2, 0) is 4.79 Å². The van der Waals surface area contributed by atoms with E-state index < -0.39 is 12.0 Å². The Balaban J connectivity index is 3.64. The van der Waals surface area contributed by atoms with Gasteiger partial charge in [0.1, 0.15) is 0 Å². The predicted molar refractivity (Wildman–Crippen MR) is 28.7 cm³/mol. The van der Waals surface area contributed by atoms with Crippen LogP contribution < -0.4 is 5.73 Å². The van der Waals surface area contributed by atoms with Gasteiger partial charge in [-0.1, -0.05) is 13.8 Å². The Kier molecular flexibility index (Phi) is 2.65. The molecule has 0 bridgehead atoms. The van der Waals surface area contributed by atoms with E-state index in [4.69, 9.17) is 5.11 Å². The Hall–Kier alpha value is -0.410. The molecule has 3 nitrogen and oxygen atoms in total. The van der Waals surface area contributed by atoms with Crippen molar-refractivity contribution in [2.45, 2.75) is 20.0 Å². The van der Waals surface area contributed by atoms with Gasteiger partial charge in [0.25, 0.3) is 0 Å². The van der Waals surface area contributed by atoms with Gasteiger partial charge in [-0.2, -0.15) is 0 Å². The predicted octanol–water partition coefficient (Wildman–Crippen LogP) is -1.23. The van der Waals surface area contributed by atoms with E-state index in [0.29, 0.717) is 0 Å². The molecule has 8 heavy (non-hydrogen) atoms. The first-order chi connectivity index (χ1) is 3.55. The van der Waals surface area contributed by atoms with Gasteiger partial charge in [-0.3, -0.25) is 5.73 Å². The highest BCUT2D eigenvalue weighted by Gasteiger charge is 2.17. The van der Waals surface area contributed by atoms with Gasteiger partial charge in [0, 0.05) is 0 Å². The molecular formula is C5H12NO2+. The number of aliphatic hydroxyl groups is 1. The minimum absolute atomic E-state index is 0.0139. The molecule has 0 saturated carbocycles. The lowest BCUT2D eigenvalue weighted by molar-refractivity contribution is -0.316. The molecular weight excluding hydrogens is 106 g/mol. The van der Waals surface area contributed by atoms with Crippen LogP contribution in [0.2, 0.25) is 0 Å². The number of hydrogen-bond acceptors (Lipinski definition) is 2. The molecule has 0 aromatic heterocycles. The molecule has 0 spiro atoms. The first-order valence-electron chi connectivity index (χ1n) is 2.59. The normalized spacial score (nSPS) is 14.1. The average molecular weight is 118 g/mol. The van der Waals surface area contributed by atoms with Crippen molar-refractivity contribution in [1.82, 2.24) is 0 Å². The van der Waals surface area contributed by atoms with Gasteiger partial charge in [0.15, 0.2) is 6.10 Å². The SMILES string of the molecule is CC(C)[C@@H](O)C([NH3+])=O. The summed E-state index contributed by atoms with van der Waals surface area (Å²) in [7, 11) is 0. The smallest absolute Gasteiger partial charge is 0.337 e. The molecule has 3 heteroatoms. The summed E-state index contributed by atoms with van der Waals surface area (Å²) in [4.78, 5) is 10.2. The van der Waals surface area contributed by atoms with E-state index >= 15 is 0 Å². The van der Waals surface area contributed by atoms with Crippen molar-refractivity contribution in [3.63, 3.8) is 0 Å². The Bertz CT molecular complexity index is 90.4. The average Bonchev–Trinajstić information content (AvgIpc) is 1.64. The van der Waals surface area contributed by atoms with Crippen molar-refractivity contribution in [2.24, 2.45) is 5.92 Å². The molecule has 48 valence electrons. The van der Waals surface area contributed by atoms with Crippen molar-refractivity contribution in [1.29, 1.82) is 0 Å². The van der Waals surface area contributed by atoms with Crippen LogP contribution in [0.4, 0.5) is 0 Å². The second-order valence-electron chi connectivity index (χ2n) is 2.16. The number of hydrogen-bond donors (Lipinski definition) is 2. The molecule has 1 atom stereocenters. The summed E-state index contributed by atoms with van der Waals surface area (Å²) in [6.45, 7) is 3.54. The Morgan fingerprint density at radius 3 is 2.00 bits per heavy atom. The fourth-order valence-corrected chi connectivity index (χ4v) is 0.372. The molecule has 0 rings (SSSR count). The number of amides is 1. The summed E-state index contributed by atoms with van der Waals surface area (Å²) in [5.74, 6) is -0.417. The maximum absolute atomic E-state index is 10.2. The van der Waals surface area contributed by atoms with Crippen molar-refractivity contribution < 1.29 is 15.6 Å². The summed E-state index contributed by atoms with van der Waals surface area (Å²) in [5.41, 5.74) is 3.07. The lowest BCUT2D eigenvalue weighted by Gasteiger charge is -2.05. The Morgan fingerprint density at radius 1 is 1.62 bits per heavy atom. The lowest BCUT2D eigenvalue weighted by atomic mass is 10.1. The van der Waals surface area contributed by atoms with Crippen molar-refractivity contribution in [3.05, 3.63) is 0 Å². The highest BCUT2D eigenvalue weighted by Crippen LogP contribution is 1.97. The first kappa shape index (κ1) is 7.59. The van der Waals surface area contributed by atoms with Crippen LogP contribution in [0.5, 0.6) is 0 Å². The molecule has 0 aromatic rings. The largest absolute Gasteiger partial charge is 0.379 e. The summed E-state index contributed by atoms with van der Waals surface area (Å²) in [6, 6.07) is 0. The van der Waals surface area contributed by atoms with Crippen LogP contribution in [0.1, 0.15) is 13.8 Å². The third kappa shape index (κ3) is 2.04. The molecule has 0 saturated heterocycles. The quantitative estimate of drug-likeness (QED) is 0.477. The summed E-state index contributed by atoms with van der Waals surface area (Å²) >= 11 is 0. The maximum atomic E-state index is 10.2. The second kappa shape index (κ2) is 2.79. The van der Waals surface area contributed by atoms with Crippen molar-refractivity contribution in [3.8, 4) is 0 Å². The molecule has 0 heterocycles. The third-order valence-corrected chi connectivity index (χ3v) is 0.961. The van der Waals surface area contributed by atoms with Crippen LogP contribution in [0.25, 0.3) is 0 Å². The molecule has 1 amide bonds. The van der Waals surface area contributed by atoms with E-state index in [-0.39, 0.29) is 5.92 Å². The van der Waals surface area contributed by atoms with Crippen LogP contribution in [0.15, 0.2) is 0 Å². The van der Waals surface area contributed by atoms with E-state index in [9.17, 15) is 4.79 Å². The Labute approximate surface area is 48.5 Å². The zero-order valence-corrected chi connectivity index (χ0v) is 5.22. The standard InChI is InChI=1S/C5H11NO2/c1-3(2)4(7)5(6)8/h3-4,7H,1-2H3,(H2,6,8)/p+1/t4-/m1/s1. The number of quaternary nitrogens is 1. The molecule has 0 radical (unpaired) electrons. The Morgan fingerprint density at radius 2 is 2.00 bits per heavy atom. The zero-order chi connectivity index (χ0) is 6.73. The van der Waals surface area contributed by atoms with Gasteiger partial charge in [-0.15, -0.1) is 0 Å². The topological polar surface area (TPSA) is 64.9 Å². The monoisotopic (exact) mass is 118 g/mol. The number of rotatable bonds is 2. The van der Waals surface area contributed by atoms with E-state index in [0.717, 1.165) is 0 Å². The van der Waals surface area contributed by atoms with Gasteiger partial charge >= 0.3 is 5.91 Å². The molecule has 0 unspecified atom stereocenters. The fraction of sp³-hybridized carbons (Fsp3) is 0.800. The minimum Gasteiger partial charge on any atom is -0.379 e. The van der Waals surface area contributed by atoms with Crippen molar-refractivity contribution in [2.75, 3.05) is 0 Å².